The molecule has 2 aliphatic heterocycles. The minimum Gasteiger partial charge on any atom is -0.380 e. The van der Waals surface area contributed by atoms with Gasteiger partial charge in [-0.3, -0.25) is 4.68 Å². The number of nitrogens with one attached hydrogen (secondary N) is 1. The summed E-state index contributed by atoms with van der Waals surface area (Å²) in [7, 11) is 4.18. The van der Waals surface area contributed by atoms with Gasteiger partial charge in [0.25, 0.3) is 0 Å². The van der Waals surface area contributed by atoms with Crippen LogP contribution >= 0.6 is 0 Å². The molecule has 37 heavy (non-hydrogen) atoms. The quantitative estimate of drug-likeness (QED) is 0.369. The number of nitrogens with zero attached hydrogens (tertiary/aromatic N) is 8. The lowest BCUT2D eigenvalue weighted by Gasteiger charge is -2.43. The molecule has 2 aliphatic rings. The zero-order valence-electron chi connectivity index (χ0n) is 21.4. The van der Waals surface area contributed by atoms with Crippen molar-refractivity contribution in [3.63, 3.8) is 0 Å². The average molecular weight is 504 g/mol. The lowest BCUT2D eigenvalue weighted by atomic mass is 9.85. The van der Waals surface area contributed by atoms with E-state index in [0.717, 1.165) is 69.3 Å². The van der Waals surface area contributed by atoms with Crippen LogP contribution < -0.4 is 10.2 Å². The Morgan fingerprint density at radius 1 is 1.05 bits per heavy atom. The highest BCUT2D eigenvalue weighted by atomic mass is 16.5. The lowest BCUT2D eigenvalue weighted by molar-refractivity contribution is -0.132. The van der Waals surface area contributed by atoms with Gasteiger partial charge in [0.1, 0.15) is 0 Å². The zero-order chi connectivity index (χ0) is 25.2. The normalized spacial score (nSPS) is 17.3. The van der Waals surface area contributed by atoms with Gasteiger partial charge < -0.3 is 24.6 Å². The maximum atomic E-state index is 5.52. The second-order valence-corrected chi connectivity index (χ2v) is 10.3. The van der Waals surface area contributed by atoms with E-state index in [4.69, 9.17) is 14.5 Å². The summed E-state index contributed by atoms with van der Waals surface area (Å²) in [6.07, 6.45) is 7.43. The molecule has 0 amide bonds. The van der Waals surface area contributed by atoms with Crippen LogP contribution in [0.3, 0.4) is 0 Å². The predicted molar refractivity (Wildman–Crippen MR) is 141 cm³/mol. The largest absolute Gasteiger partial charge is 0.380 e. The van der Waals surface area contributed by atoms with E-state index in [2.05, 4.69) is 68.7 Å². The van der Waals surface area contributed by atoms with E-state index in [1.165, 1.54) is 11.3 Å². The van der Waals surface area contributed by atoms with E-state index in [1.807, 2.05) is 28.0 Å². The highest BCUT2D eigenvalue weighted by Crippen LogP contribution is 2.30. The fourth-order valence-corrected chi connectivity index (χ4v) is 5.17. The van der Waals surface area contributed by atoms with Gasteiger partial charge in [-0.15, -0.1) is 0 Å². The second kappa shape index (κ2) is 10.1. The number of ether oxygens (including phenoxy) is 2. The fraction of sp³-hybridized carbons (Fsp3) is 0.462. The molecule has 11 nitrogen and oxygen atoms in total. The molecule has 2 fully saturated rings. The third-order valence-corrected chi connectivity index (χ3v) is 6.85. The van der Waals surface area contributed by atoms with E-state index in [9.17, 15) is 0 Å². The fourth-order valence-electron chi connectivity index (χ4n) is 5.17. The van der Waals surface area contributed by atoms with Crippen molar-refractivity contribution in [2.75, 3.05) is 70.4 Å². The van der Waals surface area contributed by atoms with Crippen LogP contribution in [0.15, 0.2) is 49.1 Å². The number of anilines is 3. The van der Waals surface area contributed by atoms with Crippen LogP contribution in [0.5, 0.6) is 0 Å². The first-order valence-electron chi connectivity index (χ1n) is 12.7. The van der Waals surface area contributed by atoms with Crippen molar-refractivity contribution >= 4 is 28.4 Å². The number of morpholine rings is 1. The summed E-state index contributed by atoms with van der Waals surface area (Å²) >= 11 is 0. The monoisotopic (exact) mass is 503 g/mol. The van der Waals surface area contributed by atoms with Gasteiger partial charge in [0.2, 0.25) is 5.95 Å². The molecule has 5 heterocycles. The summed E-state index contributed by atoms with van der Waals surface area (Å²) < 4.78 is 14.9. The van der Waals surface area contributed by atoms with Crippen LogP contribution in [-0.2, 0) is 22.6 Å². The van der Waals surface area contributed by atoms with Crippen LogP contribution in [-0.4, -0.2) is 94.6 Å². The molecule has 3 aromatic heterocycles. The first-order valence-corrected chi connectivity index (χ1v) is 12.7. The van der Waals surface area contributed by atoms with Gasteiger partial charge >= 0.3 is 0 Å². The van der Waals surface area contributed by atoms with Crippen molar-refractivity contribution in [2.24, 2.45) is 5.41 Å². The zero-order valence-corrected chi connectivity index (χ0v) is 21.4. The van der Waals surface area contributed by atoms with Crippen molar-refractivity contribution in [1.82, 2.24) is 34.4 Å². The van der Waals surface area contributed by atoms with Crippen molar-refractivity contribution in [3.8, 4) is 0 Å². The van der Waals surface area contributed by atoms with E-state index in [-0.39, 0.29) is 5.41 Å². The van der Waals surface area contributed by atoms with Gasteiger partial charge in [-0.25, -0.2) is 9.67 Å². The molecule has 194 valence electrons. The molecule has 0 aliphatic carbocycles. The summed E-state index contributed by atoms with van der Waals surface area (Å²) in [6, 6.07) is 8.61. The molecule has 6 rings (SSSR count). The number of rotatable bonds is 9. The van der Waals surface area contributed by atoms with Crippen molar-refractivity contribution in [3.05, 3.63) is 54.6 Å². The number of benzene rings is 1. The highest BCUT2D eigenvalue weighted by Gasteiger charge is 2.39. The SMILES string of the molecule is CN(C)CC1(Cn2cc(Nc3ncc4cnn(Cc5cccc(N6CCOCC6)c5)c4n3)cn2)COC1. The van der Waals surface area contributed by atoms with E-state index < -0.39 is 0 Å². The summed E-state index contributed by atoms with van der Waals surface area (Å²) in [5.41, 5.74) is 4.14. The standard InChI is InChI=1S/C26H33N9O2/c1-32(2)16-26(18-37-19-26)17-34-15-22(13-28-34)30-25-27-11-21-12-29-35(24(21)31-25)14-20-4-3-5-23(10-20)33-6-8-36-9-7-33/h3-5,10-13,15H,6-9,14,16-19H2,1-2H3,(H,27,30,31). The Hall–Kier alpha value is -3.54. The Kier molecular flexibility index (Phi) is 6.49. The third-order valence-electron chi connectivity index (χ3n) is 6.85. The van der Waals surface area contributed by atoms with Crippen molar-refractivity contribution in [2.45, 2.75) is 13.1 Å². The van der Waals surface area contributed by atoms with E-state index in [0.29, 0.717) is 12.5 Å². The lowest BCUT2D eigenvalue weighted by Crippen LogP contribution is -2.52. The van der Waals surface area contributed by atoms with Gasteiger partial charge in [-0.05, 0) is 31.8 Å². The molecular formula is C26H33N9O2. The van der Waals surface area contributed by atoms with Crippen molar-refractivity contribution in [1.29, 1.82) is 0 Å². The van der Waals surface area contributed by atoms with Gasteiger partial charge in [0.15, 0.2) is 5.65 Å². The Morgan fingerprint density at radius 3 is 2.70 bits per heavy atom. The van der Waals surface area contributed by atoms with E-state index >= 15 is 0 Å². The molecule has 0 radical (unpaired) electrons. The Labute approximate surface area is 216 Å². The highest BCUT2D eigenvalue weighted by molar-refractivity contribution is 5.75. The topological polar surface area (TPSA) is 98.4 Å². The first kappa shape index (κ1) is 23.8. The molecule has 11 heteroatoms. The third kappa shape index (κ3) is 5.29. The molecule has 4 aromatic rings. The van der Waals surface area contributed by atoms with Gasteiger partial charge in [0, 0.05) is 43.1 Å². The molecule has 2 saturated heterocycles. The van der Waals surface area contributed by atoms with Crippen molar-refractivity contribution < 1.29 is 9.47 Å². The van der Waals surface area contributed by atoms with E-state index in [1.54, 1.807) is 6.20 Å². The number of aromatic nitrogens is 6. The Bertz CT molecular complexity index is 1360. The summed E-state index contributed by atoms with van der Waals surface area (Å²) in [4.78, 5) is 13.8. The molecule has 0 bridgehead atoms. The average Bonchev–Trinajstić information content (AvgIpc) is 3.49. The molecule has 0 spiro atoms. The Balaban J connectivity index is 1.16. The van der Waals surface area contributed by atoms with Crippen LogP contribution in [0.1, 0.15) is 5.56 Å². The minimum atomic E-state index is 0.105. The maximum Gasteiger partial charge on any atom is 0.229 e. The molecule has 1 N–H and O–H groups in total. The number of hydrogen-bond acceptors (Lipinski definition) is 9. The summed E-state index contributed by atoms with van der Waals surface area (Å²) in [5, 5.41) is 13.3. The van der Waals surface area contributed by atoms with Gasteiger partial charge in [0.05, 0.1) is 63.0 Å². The summed E-state index contributed by atoms with van der Waals surface area (Å²) in [5.74, 6) is 0.519. The molecule has 1 aromatic carbocycles. The molecular weight excluding hydrogens is 470 g/mol. The van der Waals surface area contributed by atoms with Crippen LogP contribution in [0.4, 0.5) is 17.3 Å². The second-order valence-electron chi connectivity index (χ2n) is 10.3. The predicted octanol–water partition coefficient (Wildman–Crippen LogP) is 2.23. The Morgan fingerprint density at radius 2 is 1.92 bits per heavy atom. The first-order chi connectivity index (χ1) is 18.1. The van der Waals surface area contributed by atoms with Gasteiger partial charge in [-0.1, -0.05) is 12.1 Å². The minimum absolute atomic E-state index is 0.105. The number of fused-ring (bicyclic) bond motifs is 1. The number of hydrogen-bond donors (Lipinski definition) is 1. The maximum absolute atomic E-state index is 5.52. The van der Waals surface area contributed by atoms with Crippen LogP contribution in [0.25, 0.3) is 11.0 Å². The molecule has 0 saturated carbocycles. The molecule has 0 unspecified atom stereocenters. The van der Waals surface area contributed by atoms with Gasteiger partial charge in [-0.2, -0.15) is 15.2 Å². The smallest absolute Gasteiger partial charge is 0.229 e. The summed E-state index contributed by atoms with van der Waals surface area (Å²) in [6.45, 7) is 7.29. The van der Waals surface area contributed by atoms with Crippen LogP contribution in [0, 0.1) is 5.41 Å². The van der Waals surface area contributed by atoms with Crippen LogP contribution in [0.2, 0.25) is 0 Å². The molecule has 0 atom stereocenters.